The fraction of sp³-hybridized carbons (Fsp3) is 0.346. The molecule has 0 spiro atoms. The first kappa shape index (κ1) is 20.5. The van der Waals surface area contributed by atoms with Crippen LogP contribution in [0.15, 0.2) is 66.7 Å². The third kappa shape index (κ3) is 3.60. The number of aryl methyl sites for hydroxylation is 1. The van der Waals surface area contributed by atoms with Crippen molar-refractivity contribution in [3.8, 4) is 0 Å². The first-order chi connectivity index (χ1) is 15.5. The Bertz CT molecular complexity index is 1050. The number of para-hydroxylation sites is 1. The molecule has 0 radical (unpaired) electrons. The molecule has 1 heterocycles. The van der Waals surface area contributed by atoms with E-state index in [0.717, 1.165) is 24.0 Å². The number of carbonyl (C=O) groups excluding carboxylic acids is 3. The van der Waals surface area contributed by atoms with Crippen molar-refractivity contribution in [2.45, 2.75) is 32.4 Å². The predicted octanol–water partition coefficient (Wildman–Crippen LogP) is 3.88. The zero-order valence-electron chi connectivity index (χ0n) is 18.0. The van der Waals surface area contributed by atoms with E-state index in [2.05, 4.69) is 22.8 Å². The molecular weight excluding hydrogens is 402 g/mol. The van der Waals surface area contributed by atoms with Gasteiger partial charge in [0.15, 0.2) is 0 Å². The molecule has 2 bridgehead atoms. The van der Waals surface area contributed by atoms with Crippen molar-refractivity contribution in [3.63, 3.8) is 0 Å². The van der Waals surface area contributed by atoms with Gasteiger partial charge in [-0.3, -0.25) is 14.5 Å². The second-order valence-electron chi connectivity index (χ2n) is 9.01. The maximum Gasteiger partial charge on any atom is 0.320 e. The van der Waals surface area contributed by atoms with Crippen LogP contribution >= 0.6 is 0 Å². The maximum atomic E-state index is 13.5. The van der Waals surface area contributed by atoms with Gasteiger partial charge in [0.1, 0.15) is 6.17 Å². The van der Waals surface area contributed by atoms with Crippen LogP contribution in [0.2, 0.25) is 0 Å². The van der Waals surface area contributed by atoms with Crippen molar-refractivity contribution >= 4 is 23.5 Å². The molecule has 5 atom stereocenters. The average Bonchev–Trinajstić information content (AvgIpc) is 3.09. The average molecular weight is 430 g/mol. The summed E-state index contributed by atoms with van der Waals surface area (Å²) in [7, 11) is 0. The van der Waals surface area contributed by atoms with Crippen LogP contribution in [0.1, 0.15) is 24.0 Å². The number of carbonyl (C=O) groups is 3. The van der Waals surface area contributed by atoms with E-state index in [1.54, 1.807) is 0 Å². The van der Waals surface area contributed by atoms with E-state index < -0.39 is 12.2 Å². The number of urea groups is 1. The Kier molecular flexibility index (Phi) is 5.29. The van der Waals surface area contributed by atoms with E-state index in [0.29, 0.717) is 12.1 Å². The summed E-state index contributed by atoms with van der Waals surface area (Å²) in [6.07, 6.45) is 5.72. The standard InChI is InChI=1S/C26H27N3O3/c1-16-7-5-6-10-20(16)27-26(32)28-21(15-17-8-3-2-4-9-17)29-24(30)22-18-11-12-19(14-13-18)23(22)25(29)31/h2-12,18-19,21-23H,13-15H2,1H3,(H2,27,28,32)/t18-,19-,21-,22-,23+/m0/s1. The number of nitrogens with zero attached hydrogens (tertiary/aromatic N) is 1. The Balaban J connectivity index is 1.41. The summed E-state index contributed by atoms with van der Waals surface area (Å²) in [5.41, 5.74) is 2.58. The fourth-order valence-corrected chi connectivity index (χ4v) is 5.47. The number of benzene rings is 2. The molecule has 3 aliphatic carbocycles. The lowest BCUT2D eigenvalue weighted by Crippen LogP contribution is -2.53. The predicted molar refractivity (Wildman–Crippen MR) is 121 cm³/mol. The van der Waals surface area contributed by atoms with Gasteiger partial charge in [0.05, 0.1) is 11.8 Å². The largest absolute Gasteiger partial charge is 0.320 e. The highest BCUT2D eigenvalue weighted by Gasteiger charge is 2.58. The number of amides is 4. The van der Waals surface area contributed by atoms with Crippen molar-refractivity contribution in [2.24, 2.45) is 23.7 Å². The second kappa shape index (κ2) is 8.26. The molecule has 164 valence electrons. The lowest BCUT2D eigenvalue weighted by atomic mass is 9.63. The normalized spacial score (nSPS) is 26.7. The van der Waals surface area contributed by atoms with E-state index in [1.807, 2.05) is 61.5 Å². The fourth-order valence-electron chi connectivity index (χ4n) is 5.47. The van der Waals surface area contributed by atoms with Crippen LogP contribution in [-0.2, 0) is 16.0 Å². The third-order valence-corrected chi connectivity index (χ3v) is 7.07. The molecule has 6 nitrogen and oxygen atoms in total. The number of imide groups is 1. The van der Waals surface area contributed by atoms with Gasteiger partial charge in [0.25, 0.3) is 0 Å². The van der Waals surface area contributed by atoms with Crippen LogP contribution in [0.5, 0.6) is 0 Å². The second-order valence-corrected chi connectivity index (χ2v) is 9.01. The summed E-state index contributed by atoms with van der Waals surface area (Å²) in [6, 6.07) is 16.7. The molecule has 1 saturated carbocycles. The Hall–Kier alpha value is -3.41. The zero-order valence-corrected chi connectivity index (χ0v) is 18.0. The van der Waals surface area contributed by atoms with Crippen molar-refractivity contribution in [1.82, 2.24) is 10.2 Å². The Morgan fingerprint density at radius 2 is 1.53 bits per heavy atom. The van der Waals surface area contributed by atoms with Crippen LogP contribution < -0.4 is 10.6 Å². The van der Waals surface area contributed by atoms with Gasteiger partial charge in [-0.2, -0.15) is 0 Å². The van der Waals surface area contributed by atoms with Gasteiger partial charge in [-0.1, -0.05) is 60.7 Å². The molecular formula is C26H27N3O3. The molecule has 0 aromatic heterocycles. The highest BCUT2D eigenvalue weighted by Crippen LogP contribution is 2.50. The van der Waals surface area contributed by atoms with Crippen LogP contribution in [0.3, 0.4) is 0 Å². The first-order valence-corrected chi connectivity index (χ1v) is 11.3. The maximum absolute atomic E-state index is 13.5. The smallest absolute Gasteiger partial charge is 0.317 e. The van der Waals surface area contributed by atoms with Crippen molar-refractivity contribution in [1.29, 1.82) is 0 Å². The van der Waals surface area contributed by atoms with Gasteiger partial charge in [-0.25, -0.2) is 4.79 Å². The monoisotopic (exact) mass is 429 g/mol. The zero-order chi connectivity index (χ0) is 22.2. The molecule has 1 aliphatic heterocycles. The highest BCUT2D eigenvalue weighted by molar-refractivity contribution is 6.06. The van der Waals surface area contributed by atoms with E-state index in [9.17, 15) is 14.4 Å². The molecule has 2 aromatic carbocycles. The summed E-state index contributed by atoms with van der Waals surface area (Å²) in [5.74, 6) is -0.682. The van der Waals surface area contributed by atoms with Crippen molar-refractivity contribution in [3.05, 3.63) is 77.9 Å². The molecule has 2 aromatic rings. The van der Waals surface area contributed by atoms with Crippen LogP contribution in [-0.4, -0.2) is 28.9 Å². The van der Waals surface area contributed by atoms with Gasteiger partial charge in [-0.05, 0) is 48.8 Å². The molecule has 32 heavy (non-hydrogen) atoms. The number of anilines is 1. The van der Waals surface area contributed by atoms with Crippen molar-refractivity contribution < 1.29 is 14.4 Å². The molecule has 0 unspecified atom stereocenters. The minimum atomic E-state index is -0.744. The van der Waals surface area contributed by atoms with Crippen LogP contribution in [0.25, 0.3) is 0 Å². The van der Waals surface area contributed by atoms with Crippen LogP contribution in [0.4, 0.5) is 10.5 Å². The lowest BCUT2D eigenvalue weighted by Gasteiger charge is -2.38. The molecule has 4 amide bonds. The molecule has 2 fully saturated rings. The Morgan fingerprint density at radius 1 is 0.938 bits per heavy atom. The molecule has 6 rings (SSSR count). The topological polar surface area (TPSA) is 78.5 Å². The Labute approximate surface area is 187 Å². The van der Waals surface area contributed by atoms with Gasteiger partial charge in [0, 0.05) is 12.1 Å². The van der Waals surface area contributed by atoms with Gasteiger partial charge < -0.3 is 10.6 Å². The molecule has 1 saturated heterocycles. The quantitative estimate of drug-likeness (QED) is 0.559. The number of hydrogen-bond acceptors (Lipinski definition) is 3. The van der Waals surface area contributed by atoms with E-state index >= 15 is 0 Å². The highest BCUT2D eigenvalue weighted by atomic mass is 16.2. The minimum Gasteiger partial charge on any atom is -0.317 e. The van der Waals surface area contributed by atoms with Gasteiger partial charge >= 0.3 is 6.03 Å². The summed E-state index contributed by atoms with van der Waals surface area (Å²) in [6.45, 7) is 1.91. The number of nitrogens with one attached hydrogen (secondary N) is 2. The molecule has 2 N–H and O–H groups in total. The number of fused-ring (bicyclic) bond motifs is 1. The van der Waals surface area contributed by atoms with Crippen LogP contribution in [0, 0.1) is 30.6 Å². The molecule has 4 aliphatic rings. The van der Waals surface area contributed by atoms with E-state index in [-0.39, 0.29) is 35.5 Å². The van der Waals surface area contributed by atoms with Gasteiger partial charge in [-0.15, -0.1) is 0 Å². The Morgan fingerprint density at radius 3 is 2.12 bits per heavy atom. The third-order valence-electron chi connectivity index (χ3n) is 7.07. The first-order valence-electron chi connectivity index (χ1n) is 11.3. The van der Waals surface area contributed by atoms with E-state index in [4.69, 9.17) is 0 Å². The number of rotatable bonds is 5. The minimum absolute atomic E-state index is 0.115. The number of hydrogen-bond donors (Lipinski definition) is 2. The SMILES string of the molecule is Cc1ccccc1NC(=O)N[C@H](Cc1ccccc1)N1C(=O)[C@@H]2[C@H](C1=O)[C@H]1C=C[C@H]2CC1. The molecule has 6 heteroatoms. The van der Waals surface area contributed by atoms with E-state index in [1.165, 1.54) is 4.90 Å². The summed E-state index contributed by atoms with van der Waals surface area (Å²) < 4.78 is 0. The number of likely N-dealkylation sites (tertiary alicyclic amines) is 1. The summed E-state index contributed by atoms with van der Waals surface area (Å²) >= 11 is 0. The number of allylic oxidation sites excluding steroid dienone is 2. The summed E-state index contributed by atoms with van der Waals surface area (Å²) in [4.78, 5) is 41.2. The summed E-state index contributed by atoms with van der Waals surface area (Å²) in [5, 5.41) is 5.78. The van der Waals surface area contributed by atoms with Gasteiger partial charge in [0.2, 0.25) is 11.8 Å². The lowest BCUT2D eigenvalue weighted by molar-refractivity contribution is -0.143. The van der Waals surface area contributed by atoms with Crippen molar-refractivity contribution in [2.75, 3.05) is 5.32 Å².